The number of carbonyl (C=O) groups excluding carboxylic acids is 1. The number of aliphatic imine (C=N–C) groups is 1. The van der Waals surface area contributed by atoms with Gasteiger partial charge in [0.15, 0.2) is 0 Å². The molecule has 5 aromatic carbocycles. The first kappa shape index (κ1) is 34.5. The SMILES string of the molecule is CC(=NC[C@H]1c2ccccc2C(=O)N(CCc2ccccc2)[C@H]1c1ccc2c(c1)c1ccccc1n2C)c1c(O)n(C)c(=O)n(-c2ccccc2F)c1=O. The summed E-state index contributed by atoms with van der Waals surface area (Å²) in [5, 5.41) is 13.3. The molecule has 9 nitrogen and oxygen atoms in total. The Balaban J connectivity index is 1.28. The second-order valence-electron chi connectivity index (χ2n) is 13.8. The van der Waals surface area contributed by atoms with E-state index in [1.54, 1.807) is 6.92 Å². The third kappa shape index (κ3) is 5.71. The summed E-state index contributed by atoms with van der Waals surface area (Å²) in [6, 6.07) is 37.3. The topological polar surface area (TPSA) is 102 Å². The molecule has 2 atom stereocenters. The molecule has 0 radical (unpaired) electrons. The maximum Gasteiger partial charge on any atom is 0.338 e. The molecular formula is C44H38FN5O4. The minimum absolute atomic E-state index is 0.0787. The lowest BCUT2D eigenvalue weighted by Crippen LogP contribution is -2.44. The Bertz CT molecular complexity index is 2750. The summed E-state index contributed by atoms with van der Waals surface area (Å²) >= 11 is 0. The van der Waals surface area contributed by atoms with E-state index in [1.807, 2.05) is 66.5 Å². The molecule has 1 aliphatic rings. The monoisotopic (exact) mass is 719 g/mol. The van der Waals surface area contributed by atoms with Crippen molar-refractivity contribution >= 4 is 33.4 Å². The van der Waals surface area contributed by atoms with Crippen LogP contribution in [0.1, 0.15) is 51.5 Å². The van der Waals surface area contributed by atoms with E-state index in [4.69, 9.17) is 4.99 Å². The van der Waals surface area contributed by atoms with Crippen molar-refractivity contribution in [3.63, 3.8) is 0 Å². The highest BCUT2D eigenvalue weighted by Gasteiger charge is 2.40. The van der Waals surface area contributed by atoms with E-state index < -0.39 is 29.0 Å². The molecule has 3 heterocycles. The molecular weight excluding hydrogens is 682 g/mol. The van der Waals surface area contributed by atoms with Crippen LogP contribution in [0.5, 0.6) is 5.88 Å². The molecule has 8 rings (SSSR count). The second-order valence-corrected chi connectivity index (χ2v) is 13.8. The zero-order chi connectivity index (χ0) is 37.7. The fraction of sp³-hybridized carbons (Fsp3) is 0.182. The number of hydrogen-bond donors (Lipinski definition) is 1. The lowest BCUT2D eigenvalue weighted by molar-refractivity contribution is 0.0614. The quantitative estimate of drug-likeness (QED) is 0.170. The van der Waals surface area contributed by atoms with Gasteiger partial charge in [-0.25, -0.2) is 13.8 Å². The van der Waals surface area contributed by atoms with Gasteiger partial charge in [-0.1, -0.05) is 84.9 Å². The molecule has 1 N–H and O–H groups in total. The van der Waals surface area contributed by atoms with Gasteiger partial charge in [0.1, 0.15) is 11.4 Å². The summed E-state index contributed by atoms with van der Waals surface area (Å²) in [5.74, 6) is -1.76. The van der Waals surface area contributed by atoms with Crippen LogP contribution in [0.25, 0.3) is 27.5 Å². The van der Waals surface area contributed by atoms with Crippen molar-refractivity contribution < 1.29 is 14.3 Å². The first-order valence-electron chi connectivity index (χ1n) is 17.9. The number of aryl methyl sites for hydroxylation is 1. The Hall–Kier alpha value is -6.55. The third-order valence-electron chi connectivity index (χ3n) is 10.7. The van der Waals surface area contributed by atoms with Crippen LogP contribution < -0.4 is 11.2 Å². The standard InChI is InChI=1S/C44H38FN5O4/c1-27(39-42(52)48(3)44(54)50(43(39)53)38-20-12-10-18-35(38)45)46-26-34-30-15-7-8-17-32(30)41(51)49(24-23-28-13-5-4-6-14-28)40(34)29-21-22-37-33(25-29)31-16-9-11-19-36(31)47(37)2/h4-22,25,34,40,52H,23-24,26H2,1-3H3/t34-,40-/m0/s1. The van der Waals surface area contributed by atoms with Crippen molar-refractivity contribution in [3.05, 3.63) is 176 Å². The highest BCUT2D eigenvalue weighted by Crippen LogP contribution is 2.44. The average molecular weight is 720 g/mol. The number of carbonyl (C=O) groups is 1. The fourth-order valence-corrected chi connectivity index (χ4v) is 7.98. The fourth-order valence-electron chi connectivity index (χ4n) is 7.98. The molecule has 1 amide bonds. The average Bonchev–Trinajstić information content (AvgIpc) is 3.48. The van der Waals surface area contributed by atoms with Gasteiger partial charge in [-0.05, 0) is 66.4 Å². The normalized spacial score (nSPS) is 16.0. The second kappa shape index (κ2) is 13.8. The van der Waals surface area contributed by atoms with Crippen molar-refractivity contribution in [2.24, 2.45) is 19.1 Å². The van der Waals surface area contributed by atoms with Gasteiger partial charge in [0.25, 0.3) is 11.5 Å². The molecule has 0 saturated heterocycles. The molecule has 0 spiro atoms. The van der Waals surface area contributed by atoms with Gasteiger partial charge in [-0.3, -0.25) is 19.1 Å². The van der Waals surface area contributed by atoms with Crippen molar-refractivity contribution in [2.75, 3.05) is 13.1 Å². The van der Waals surface area contributed by atoms with Crippen LogP contribution in [0.2, 0.25) is 0 Å². The number of hydrogen-bond acceptors (Lipinski definition) is 5. The lowest BCUT2D eigenvalue weighted by atomic mass is 9.79. The lowest BCUT2D eigenvalue weighted by Gasteiger charge is -2.42. The van der Waals surface area contributed by atoms with E-state index in [9.17, 15) is 23.9 Å². The van der Waals surface area contributed by atoms with Crippen molar-refractivity contribution in [2.45, 2.75) is 25.3 Å². The Morgan fingerprint density at radius 3 is 2.26 bits per heavy atom. The Morgan fingerprint density at radius 2 is 1.46 bits per heavy atom. The van der Waals surface area contributed by atoms with Crippen molar-refractivity contribution in [1.82, 2.24) is 18.6 Å². The number of amides is 1. The maximum absolute atomic E-state index is 14.9. The van der Waals surface area contributed by atoms with Crippen LogP contribution in [0, 0.1) is 5.82 Å². The van der Waals surface area contributed by atoms with E-state index in [0.717, 1.165) is 49.1 Å². The van der Waals surface area contributed by atoms with E-state index in [2.05, 4.69) is 47.0 Å². The summed E-state index contributed by atoms with van der Waals surface area (Å²) in [4.78, 5) is 48.5. The minimum Gasteiger partial charge on any atom is -0.494 e. The molecule has 0 bridgehead atoms. The molecule has 0 unspecified atom stereocenters. The third-order valence-corrected chi connectivity index (χ3v) is 10.7. The van der Waals surface area contributed by atoms with Gasteiger partial charge < -0.3 is 14.6 Å². The van der Waals surface area contributed by atoms with Gasteiger partial charge in [-0.15, -0.1) is 0 Å². The Labute approximate surface area is 310 Å². The van der Waals surface area contributed by atoms with Crippen LogP contribution in [0.3, 0.4) is 0 Å². The van der Waals surface area contributed by atoms with Gasteiger partial charge in [-0.2, -0.15) is 0 Å². The molecule has 0 saturated carbocycles. The largest absolute Gasteiger partial charge is 0.494 e. The van der Waals surface area contributed by atoms with Crippen molar-refractivity contribution in [3.8, 4) is 11.6 Å². The molecule has 10 heteroatoms. The predicted molar refractivity (Wildman–Crippen MR) is 210 cm³/mol. The van der Waals surface area contributed by atoms with E-state index in [-0.39, 0.29) is 35.3 Å². The van der Waals surface area contributed by atoms with Crippen LogP contribution in [-0.4, -0.2) is 48.4 Å². The first-order valence-corrected chi connectivity index (χ1v) is 17.9. The summed E-state index contributed by atoms with van der Waals surface area (Å²) in [6.45, 7) is 2.18. The van der Waals surface area contributed by atoms with E-state index in [0.29, 0.717) is 23.1 Å². The highest BCUT2D eigenvalue weighted by atomic mass is 19.1. The number of para-hydroxylation sites is 2. The summed E-state index contributed by atoms with van der Waals surface area (Å²) < 4.78 is 18.7. The summed E-state index contributed by atoms with van der Waals surface area (Å²) in [7, 11) is 3.37. The molecule has 270 valence electrons. The van der Waals surface area contributed by atoms with Crippen LogP contribution in [-0.2, 0) is 20.5 Å². The summed E-state index contributed by atoms with van der Waals surface area (Å²) in [6.07, 6.45) is 0.637. The van der Waals surface area contributed by atoms with Crippen LogP contribution in [0.4, 0.5) is 4.39 Å². The number of fused-ring (bicyclic) bond motifs is 4. The number of aromatic hydroxyl groups is 1. The highest BCUT2D eigenvalue weighted by molar-refractivity contribution is 6.08. The predicted octanol–water partition coefficient (Wildman–Crippen LogP) is 7.06. The minimum atomic E-state index is -0.892. The smallest absolute Gasteiger partial charge is 0.338 e. The number of rotatable bonds is 8. The molecule has 54 heavy (non-hydrogen) atoms. The van der Waals surface area contributed by atoms with Crippen molar-refractivity contribution in [1.29, 1.82) is 0 Å². The van der Waals surface area contributed by atoms with Gasteiger partial charge in [0, 0.05) is 66.2 Å². The zero-order valence-electron chi connectivity index (χ0n) is 30.1. The number of nitrogens with zero attached hydrogens (tertiary/aromatic N) is 5. The number of aromatic nitrogens is 3. The first-order chi connectivity index (χ1) is 26.2. The summed E-state index contributed by atoms with van der Waals surface area (Å²) in [5.41, 5.74) is 3.58. The molecule has 1 aliphatic heterocycles. The molecule has 7 aromatic rings. The molecule has 0 aliphatic carbocycles. The molecule has 2 aromatic heterocycles. The zero-order valence-corrected chi connectivity index (χ0v) is 30.1. The van der Waals surface area contributed by atoms with Crippen LogP contribution in [0.15, 0.2) is 136 Å². The van der Waals surface area contributed by atoms with Gasteiger partial charge in [0.05, 0.1) is 11.7 Å². The molecule has 0 fully saturated rings. The number of benzene rings is 5. The number of halogens is 1. The van der Waals surface area contributed by atoms with E-state index in [1.165, 1.54) is 25.2 Å². The Morgan fingerprint density at radius 1 is 0.778 bits per heavy atom. The van der Waals surface area contributed by atoms with Crippen LogP contribution >= 0.6 is 0 Å². The van der Waals surface area contributed by atoms with Gasteiger partial charge >= 0.3 is 5.69 Å². The Kier molecular flexibility index (Phi) is 8.81. The van der Waals surface area contributed by atoms with Gasteiger partial charge in [0.2, 0.25) is 5.88 Å². The van der Waals surface area contributed by atoms with E-state index >= 15 is 0 Å². The maximum atomic E-state index is 14.9.